The highest BCUT2D eigenvalue weighted by Gasteiger charge is 2.09. The topological polar surface area (TPSA) is 81.2 Å². The summed E-state index contributed by atoms with van der Waals surface area (Å²) in [5.41, 5.74) is 2.79. The largest absolute Gasteiger partial charge is 0.493 e. The van der Waals surface area contributed by atoms with Gasteiger partial charge in [-0.25, -0.2) is 0 Å². The van der Waals surface area contributed by atoms with Crippen molar-refractivity contribution in [3.05, 3.63) is 70.9 Å². The molecular weight excluding hydrogens is 330 g/mol. The summed E-state index contributed by atoms with van der Waals surface area (Å²) in [7, 11) is 0. The maximum atomic E-state index is 9.05. The summed E-state index contributed by atoms with van der Waals surface area (Å²) >= 11 is 0. The van der Waals surface area contributed by atoms with Gasteiger partial charge in [0.15, 0.2) is 6.61 Å². The molecule has 0 aliphatic heterocycles. The first-order valence-electron chi connectivity index (χ1n) is 8.29. The van der Waals surface area contributed by atoms with E-state index in [9.17, 15) is 0 Å². The van der Waals surface area contributed by atoms with Crippen LogP contribution in [-0.4, -0.2) is 16.8 Å². The Kier molecular flexibility index (Phi) is 5.49. The summed E-state index contributed by atoms with van der Waals surface area (Å²) in [6, 6.07) is 15.1. The third kappa shape index (κ3) is 4.19. The molecule has 0 unspecified atom stereocenters. The smallest absolute Gasteiger partial charge is 0.253 e. The molecule has 0 atom stereocenters. The summed E-state index contributed by atoms with van der Waals surface area (Å²) in [4.78, 5) is 0. The van der Waals surface area contributed by atoms with Crippen LogP contribution in [-0.2, 0) is 13.0 Å². The van der Waals surface area contributed by atoms with E-state index in [1.165, 1.54) is 5.56 Å². The zero-order valence-corrected chi connectivity index (χ0v) is 14.7. The van der Waals surface area contributed by atoms with Gasteiger partial charge >= 0.3 is 0 Å². The fourth-order valence-corrected chi connectivity index (χ4v) is 2.40. The van der Waals surface area contributed by atoms with Gasteiger partial charge < -0.3 is 13.9 Å². The van der Waals surface area contributed by atoms with E-state index in [1.54, 1.807) is 24.3 Å². The number of benzene rings is 2. The number of rotatable bonds is 7. The predicted octanol–water partition coefficient (Wildman–Crippen LogP) is 3.76. The van der Waals surface area contributed by atoms with Crippen molar-refractivity contribution < 1.29 is 13.9 Å². The van der Waals surface area contributed by atoms with Crippen LogP contribution in [0.2, 0.25) is 0 Å². The Morgan fingerprint density at radius 3 is 2.58 bits per heavy atom. The summed E-state index contributed by atoms with van der Waals surface area (Å²) in [5, 5.41) is 17.0. The molecular formula is C20H19N3O3. The Balaban J connectivity index is 1.52. The first kappa shape index (κ1) is 17.5. The lowest BCUT2D eigenvalue weighted by Crippen LogP contribution is -2.03. The predicted molar refractivity (Wildman–Crippen MR) is 94.9 cm³/mol. The average molecular weight is 349 g/mol. The van der Waals surface area contributed by atoms with Crippen LogP contribution < -0.4 is 9.47 Å². The van der Waals surface area contributed by atoms with Crippen LogP contribution in [0.1, 0.15) is 28.5 Å². The Labute approximate surface area is 152 Å². The van der Waals surface area contributed by atoms with Gasteiger partial charge in [-0.2, -0.15) is 5.26 Å². The van der Waals surface area contributed by atoms with Crippen LogP contribution in [0.15, 0.2) is 46.9 Å². The van der Waals surface area contributed by atoms with Crippen molar-refractivity contribution in [2.75, 3.05) is 6.61 Å². The van der Waals surface area contributed by atoms with E-state index in [1.807, 2.05) is 19.1 Å². The molecule has 0 amide bonds. The fourth-order valence-electron chi connectivity index (χ4n) is 2.40. The summed E-state index contributed by atoms with van der Waals surface area (Å²) in [5.74, 6) is 2.20. The Hall–Kier alpha value is -3.33. The number of aryl methyl sites for hydroxylation is 1. The van der Waals surface area contributed by atoms with Crippen LogP contribution in [0.3, 0.4) is 0 Å². The number of hydrogen-bond donors (Lipinski definition) is 0. The van der Waals surface area contributed by atoms with E-state index in [0.29, 0.717) is 36.1 Å². The maximum absolute atomic E-state index is 9.05. The minimum Gasteiger partial charge on any atom is -0.493 e. The van der Waals surface area contributed by atoms with Gasteiger partial charge in [0.05, 0.1) is 18.6 Å². The van der Waals surface area contributed by atoms with Gasteiger partial charge in [-0.1, -0.05) is 24.3 Å². The molecule has 0 aliphatic rings. The van der Waals surface area contributed by atoms with Crippen molar-refractivity contribution in [3.8, 4) is 17.6 Å². The minimum absolute atomic E-state index is 0.115. The van der Waals surface area contributed by atoms with Crippen molar-refractivity contribution in [1.29, 1.82) is 5.26 Å². The van der Waals surface area contributed by atoms with E-state index in [-0.39, 0.29) is 6.61 Å². The molecule has 0 fully saturated rings. The zero-order chi connectivity index (χ0) is 18.4. The summed E-state index contributed by atoms with van der Waals surface area (Å²) < 4.78 is 16.9. The molecule has 1 heterocycles. The molecule has 0 saturated heterocycles. The average Bonchev–Trinajstić information content (AvgIpc) is 3.11. The molecule has 6 heteroatoms. The fraction of sp³-hybridized carbons (Fsp3) is 0.250. The van der Waals surface area contributed by atoms with E-state index < -0.39 is 0 Å². The monoisotopic (exact) mass is 349 g/mol. The van der Waals surface area contributed by atoms with Crippen LogP contribution in [0.4, 0.5) is 0 Å². The second-order valence-electron chi connectivity index (χ2n) is 5.78. The van der Waals surface area contributed by atoms with Crippen molar-refractivity contribution in [2.45, 2.75) is 26.9 Å². The van der Waals surface area contributed by atoms with Gasteiger partial charge in [0.2, 0.25) is 5.89 Å². The lowest BCUT2D eigenvalue weighted by Gasteiger charge is -2.09. The van der Waals surface area contributed by atoms with Gasteiger partial charge in [0, 0.05) is 0 Å². The zero-order valence-electron chi connectivity index (χ0n) is 14.7. The van der Waals surface area contributed by atoms with E-state index in [0.717, 1.165) is 11.3 Å². The molecule has 6 nitrogen and oxygen atoms in total. The molecule has 0 bridgehead atoms. The normalized spacial score (nSPS) is 10.3. The molecule has 3 rings (SSSR count). The number of ether oxygens (including phenoxy) is 2. The standard InChI is InChI=1S/C20H19N3O3/c1-14-6-5-9-17(15(14)2)24-11-10-19-22-23-20(26-19)13-25-18-8-4-3-7-16(18)12-21/h3-9H,10-11,13H2,1-2H3. The molecule has 3 aromatic rings. The molecule has 1 aromatic heterocycles. The van der Waals surface area contributed by atoms with Gasteiger partial charge in [0.1, 0.15) is 17.6 Å². The van der Waals surface area contributed by atoms with Gasteiger partial charge in [-0.15, -0.1) is 10.2 Å². The Morgan fingerprint density at radius 1 is 0.962 bits per heavy atom. The first-order valence-corrected chi connectivity index (χ1v) is 8.29. The van der Waals surface area contributed by atoms with Crippen LogP contribution >= 0.6 is 0 Å². The molecule has 0 N–H and O–H groups in total. The molecule has 26 heavy (non-hydrogen) atoms. The third-order valence-corrected chi connectivity index (χ3v) is 4.00. The van der Waals surface area contributed by atoms with Crippen molar-refractivity contribution in [1.82, 2.24) is 10.2 Å². The van der Waals surface area contributed by atoms with Crippen molar-refractivity contribution >= 4 is 0 Å². The third-order valence-electron chi connectivity index (χ3n) is 4.00. The number of hydrogen-bond acceptors (Lipinski definition) is 6. The lowest BCUT2D eigenvalue weighted by molar-refractivity contribution is 0.252. The minimum atomic E-state index is 0.115. The van der Waals surface area contributed by atoms with Crippen LogP contribution in [0.25, 0.3) is 0 Å². The molecule has 0 aliphatic carbocycles. The van der Waals surface area contributed by atoms with Gasteiger partial charge in [-0.3, -0.25) is 0 Å². The van der Waals surface area contributed by atoms with E-state index in [4.69, 9.17) is 19.2 Å². The molecule has 0 radical (unpaired) electrons. The molecule has 132 valence electrons. The van der Waals surface area contributed by atoms with E-state index in [2.05, 4.69) is 29.3 Å². The molecule has 0 spiro atoms. The summed E-state index contributed by atoms with van der Waals surface area (Å²) in [6.45, 7) is 4.65. The van der Waals surface area contributed by atoms with Gasteiger partial charge in [0.25, 0.3) is 5.89 Å². The Bertz CT molecular complexity index is 928. The number of aromatic nitrogens is 2. The lowest BCUT2D eigenvalue weighted by atomic mass is 10.1. The molecule has 0 saturated carbocycles. The second-order valence-corrected chi connectivity index (χ2v) is 5.78. The highest BCUT2D eigenvalue weighted by Crippen LogP contribution is 2.21. The quantitative estimate of drug-likeness (QED) is 0.646. The van der Waals surface area contributed by atoms with E-state index >= 15 is 0 Å². The number of nitriles is 1. The Morgan fingerprint density at radius 2 is 1.73 bits per heavy atom. The van der Waals surface area contributed by atoms with Crippen LogP contribution in [0, 0.1) is 25.2 Å². The second kappa shape index (κ2) is 8.17. The SMILES string of the molecule is Cc1cccc(OCCc2nnc(COc3ccccc3C#N)o2)c1C. The maximum Gasteiger partial charge on any atom is 0.253 e. The first-order chi connectivity index (χ1) is 12.7. The highest BCUT2D eigenvalue weighted by atomic mass is 16.5. The number of nitrogens with zero attached hydrogens (tertiary/aromatic N) is 3. The van der Waals surface area contributed by atoms with Gasteiger partial charge in [-0.05, 0) is 43.2 Å². The summed E-state index contributed by atoms with van der Waals surface area (Å²) in [6.07, 6.45) is 0.509. The molecule has 2 aromatic carbocycles. The number of para-hydroxylation sites is 1. The van der Waals surface area contributed by atoms with Crippen molar-refractivity contribution in [3.63, 3.8) is 0 Å². The van der Waals surface area contributed by atoms with Crippen LogP contribution in [0.5, 0.6) is 11.5 Å². The highest BCUT2D eigenvalue weighted by molar-refractivity contribution is 5.42. The van der Waals surface area contributed by atoms with Crippen molar-refractivity contribution in [2.24, 2.45) is 0 Å².